The largest absolute Gasteiger partial charge is 0.433 e. The first kappa shape index (κ1) is 10.8. The van der Waals surface area contributed by atoms with Crippen molar-refractivity contribution in [2.75, 3.05) is 0 Å². The fourth-order valence-electron chi connectivity index (χ4n) is 1.05. The molecule has 6 nitrogen and oxygen atoms in total. The van der Waals surface area contributed by atoms with Crippen LogP contribution in [0, 0.1) is 21.4 Å². The predicted molar refractivity (Wildman–Crippen MR) is 52.4 cm³/mol. The summed E-state index contributed by atoms with van der Waals surface area (Å²) in [4.78, 5) is 9.68. The Bertz CT molecular complexity index is 453. The van der Waals surface area contributed by atoms with Crippen LogP contribution in [0.3, 0.4) is 0 Å². The minimum absolute atomic E-state index is 0.146. The molecule has 0 radical (unpaired) electrons. The van der Waals surface area contributed by atoms with Gasteiger partial charge in [0.15, 0.2) is 5.76 Å². The minimum atomic E-state index is -0.658. The van der Waals surface area contributed by atoms with Crippen molar-refractivity contribution in [3.05, 3.63) is 33.6 Å². The van der Waals surface area contributed by atoms with Crippen molar-refractivity contribution in [2.45, 2.75) is 13.3 Å². The topological polar surface area (TPSA) is 106 Å². The molecule has 6 heteroatoms. The van der Waals surface area contributed by atoms with E-state index in [9.17, 15) is 10.1 Å². The van der Waals surface area contributed by atoms with Crippen LogP contribution >= 0.6 is 0 Å². The van der Waals surface area contributed by atoms with Gasteiger partial charge in [0.2, 0.25) is 0 Å². The average Bonchev–Trinajstić information content (AvgIpc) is 2.68. The molecule has 0 aliphatic rings. The molecular formula is C9H9N3O3. The zero-order chi connectivity index (χ0) is 11.4. The monoisotopic (exact) mass is 207 g/mol. The van der Waals surface area contributed by atoms with Gasteiger partial charge < -0.3 is 10.2 Å². The highest BCUT2D eigenvalue weighted by molar-refractivity contribution is 5.66. The van der Waals surface area contributed by atoms with Crippen molar-refractivity contribution in [3.63, 3.8) is 0 Å². The second-order valence-corrected chi connectivity index (χ2v) is 2.75. The highest BCUT2D eigenvalue weighted by Crippen LogP contribution is 2.22. The molecule has 1 aromatic heterocycles. The lowest BCUT2D eigenvalue weighted by Gasteiger charge is -1.98. The van der Waals surface area contributed by atoms with Gasteiger partial charge in [0.05, 0.1) is 23.4 Å². The third-order valence-electron chi connectivity index (χ3n) is 1.85. The summed E-state index contributed by atoms with van der Waals surface area (Å²) in [5.74, 6) is -0.235. The molecule has 0 bridgehead atoms. The van der Waals surface area contributed by atoms with Gasteiger partial charge in [-0.2, -0.15) is 5.26 Å². The Hall–Kier alpha value is -2.29. The van der Waals surface area contributed by atoms with E-state index in [2.05, 4.69) is 0 Å². The maximum absolute atomic E-state index is 10.3. The second kappa shape index (κ2) is 4.28. The Balaban J connectivity index is 3.13. The number of nitrogens with two attached hydrogens (primary N) is 1. The van der Waals surface area contributed by atoms with Gasteiger partial charge in [0.25, 0.3) is 0 Å². The number of furan rings is 1. The van der Waals surface area contributed by atoms with Gasteiger partial charge in [0.1, 0.15) is 4.92 Å². The molecule has 15 heavy (non-hydrogen) atoms. The second-order valence-electron chi connectivity index (χ2n) is 2.75. The Morgan fingerprint density at radius 2 is 2.40 bits per heavy atom. The Morgan fingerprint density at radius 3 is 2.80 bits per heavy atom. The normalized spacial score (nSPS) is 11.7. The highest BCUT2D eigenvalue weighted by Gasteiger charge is 2.15. The lowest BCUT2D eigenvalue weighted by Crippen LogP contribution is -1.99. The fraction of sp³-hybridized carbons (Fsp3) is 0.222. The molecule has 78 valence electrons. The highest BCUT2D eigenvalue weighted by atomic mass is 16.6. The van der Waals surface area contributed by atoms with Crippen LogP contribution in [0.4, 0.5) is 5.88 Å². The number of nitriles is 1. The Kier molecular flexibility index (Phi) is 3.08. The summed E-state index contributed by atoms with van der Waals surface area (Å²) in [5, 5.41) is 19.0. The van der Waals surface area contributed by atoms with Crippen molar-refractivity contribution in [2.24, 2.45) is 5.73 Å². The summed E-state index contributed by atoms with van der Waals surface area (Å²) in [6.45, 7) is 1.77. The van der Waals surface area contributed by atoms with Crippen LogP contribution in [0.5, 0.6) is 0 Å². The minimum Gasteiger partial charge on any atom is -0.399 e. The molecule has 0 aromatic carbocycles. The first-order valence-corrected chi connectivity index (χ1v) is 4.23. The molecule has 0 amide bonds. The van der Waals surface area contributed by atoms with Crippen LogP contribution in [0.1, 0.15) is 19.1 Å². The van der Waals surface area contributed by atoms with Crippen LogP contribution in [0.2, 0.25) is 0 Å². The molecule has 0 aliphatic heterocycles. The molecule has 0 spiro atoms. The zero-order valence-electron chi connectivity index (χ0n) is 8.06. The third-order valence-corrected chi connectivity index (χ3v) is 1.85. The van der Waals surface area contributed by atoms with Crippen molar-refractivity contribution in [1.82, 2.24) is 0 Å². The van der Waals surface area contributed by atoms with E-state index in [1.807, 2.05) is 6.07 Å². The van der Waals surface area contributed by atoms with Gasteiger partial charge in [-0.3, -0.25) is 10.1 Å². The maximum Gasteiger partial charge on any atom is 0.433 e. The molecule has 0 saturated carbocycles. The van der Waals surface area contributed by atoms with Crippen LogP contribution in [0.15, 0.2) is 22.1 Å². The smallest absolute Gasteiger partial charge is 0.399 e. The van der Waals surface area contributed by atoms with E-state index in [1.54, 1.807) is 6.92 Å². The Morgan fingerprint density at radius 1 is 1.73 bits per heavy atom. The number of hydrogen-bond donors (Lipinski definition) is 1. The quantitative estimate of drug-likeness (QED) is 0.462. The van der Waals surface area contributed by atoms with Crippen molar-refractivity contribution >= 4 is 11.6 Å². The molecule has 1 aromatic rings. The van der Waals surface area contributed by atoms with E-state index in [0.717, 1.165) is 0 Å². The van der Waals surface area contributed by atoms with Crippen molar-refractivity contribution in [3.8, 4) is 6.07 Å². The van der Waals surface area contributed by atoms with Crippen LogP contribution in [0.25, 0.3) is 5.70 Å². The van der Waals surface area contributed by atoms with E-state index in [4.69, 9.17) is 15.4 Å². The molecule has 0 aliphatic carbocycles. The summed E-state index contributed by atoms with van der Waals surface area (Å²) in [6, 6.07) is 4.49. The molecule has 2 N–H and O–H groups in total. The third kappa shape index (κ3) is 2.14. The molecule has 1 heterocycles. The van der Waals surface area contributed by atoms with Gasteiger partial charge in [-0.15, -0.1) is 0 Å². The first-order chi connectivity index (χ1) is 7.10. The van der Waals surface area contributed by atoms with E-state index in [0.29, 0.717) is 12.0 Å². The van der Waals surface area contributed by atoms with Gasteiger partial charge in [0, 0.05) is 0 Å². The predicted octanol–water partition coefficient (Wildman–Crippen LogP) is 1.79. The summed E-state index contributed by atoms with van der Waals surface area (Å²) in [5.41, 5.74) is 6.11. The summed E-state index contributed by atoms with van der Waals surface area (Å²) >= 11 is 0. The lowest BCUT2D eigenvalue weighted by atomic mass is 10.1. The number of hydrogen-bond acceptors (Lipinski definition) is 5. The van der Waals surface area contributed by atoms with Gasteiger partial charge >= 0.3 is 5.88 Å². The SMILES string of the molecule is CC/C(C#N)=C(/N)c1ccc([N+](=O)[O-])o1. The standard InChI is InChI=1S/C9H9N3O3/c1-2-6(5-10)9(11)7-3-4-8(15-7)12(13)14/h3-4H,2,11H2,1H3/b9-6-. The number of rotatable bonds is 3. The van der Waals surface area contributed by atoms with Gasteiger partial charge in [-0.05, 0) is 12.5 Å². The molecule has 1 rings (SSSR count). The Labute approximate surface area is 85.7 Å². The molecule has 0 fully saturated rings. The number of nitro groups is 1. The first-order valence-electron chi connectivity index (χ1n) is 4.23. The fourth-order valence-corrected chi connectivity index (χ4v) is 1.05. The van der Waals surface area contributed by atoms with E-state index >= 15 is 0 Å². The van der Waals surface area contributed by atoms with Gasteiger partial charge in [-0.1, -0.05) is 6.92 Å². The molecule has 0 atom stereocenters. The number of nitrogens with zero attached hydrogens (tertiary/aromatic N) is 2. The average molecular weight is 207 g/mol. The van der Waals surface area contributed by atoms with Crippen molar-refractivity contribution < 1.29 is 9.34 Å². The van der Waals surface area contributed by atoms with E-state index in [1.165, 1.54) is 12.1 Å². The molecular weight excluding hydrogens is 198 g/mol. The van der Waals surface area contributed by atoms with E-state index in [-0.39, 0.29) is 17.3 Å². The summed E-state index contributed by atoms with van der Waals surface area (Å²) in [7, 11) is 0. The van der Waals surface area contributed by atoms with Crippen molar-refractivity contribution in [1.29, 1.82) is 5.26 Å². The maximum atomic E-state index is 10.3. The molecule has 0 saturated heterocycles. The van der Waals surface area contributed by atoms with Gasteiger partial charge in [-0.25, -0.2) is 0 Å². The molecule has 0 unspecified atom stereocenters. The number of allylic oxidation sites excluding steroid dienone is 1. The summed E-state index contributed by atoms with van der Waals surface area (Å²) in [6.07, 6.45) is 0.455. The summed E-state index contributed by atoms with van der Waals surface area (Å²) < 4.78 is 4.86. The van der Waals surface area contributed by atoms with Crippen LogP contribution < -0.4 is 5.73 Å². The van der Waals surface area contributed by atoms with E-state index < -0.39 is 4.92 Å². The van der Waals surface area contributed by atoms with Crippen LogP contribution in [-0.2, 0) is 0 Å². The van der Waals surface area contributed by atoms with Crippen LogP contribution in [-0.4, -0.2) is 4.92 Å². The zero-order valence-corrected chi connectivity index (χ0v) is 8.06. The lowest BCUT2D eigenvalue weighted by molar-refractivity contribution is -0.402.